The third kappa shape index (κ3) is 13.1. The number of hydrogen-bond donors (Lipinski definition) is 0. The Bertz CT molecular complexity index is 423. The number of rotatable bonds is 18. The van der Waals surface area contributed by atoms with Crippen LogP contribution in [-0.2, 0) is 0 Å². The van der Waals surface area contributed by atoms with Gasteiger partial charge in [-0.05, 0) is 25.0 Å². The van der Waals surface area contributed by atoms with Crippen LogP contribution in [0.4, 0.5) is 5.69 Å². The number of quaternary nitrogens is 1. The minimum absolute atomic E-state index is 1.01. The van der Waals surface area contributed by atoms with Crippen LogP contribution in [0.5, 0.6) is 0 Å². The highest BCUT2D eigenvalue weighted by Crippen LogP contribution is 2.19. The van der Waals surface area contributed by atoms with Crippen molar-refractivity contribution in [3.8, 4) is 0 Å². The van der Waals surface area contributed by atoms with Gasteiger partial charge >= 0.3 is 0 Å². The van der Waals surface area contributed by atoms with Crippen molar-refractivity contribution in [1.29, 1.82) is 0 Å². The van der Waals surface area contributed by atoms with E-state index >= 15 is 0 Å². The summed E-state index contributed by atoms with van der Waals surface area (Å²) >= 11 is 0. The minimum atomic E-state index is 1.01. The Labute approximate surface area is 171 Å². The van der Waals surface area contributed by atoms with Crippen LogP contribution >= 0.6 is 0 Å². The van der Waals surface area contributed by atoms with E-state index in [4.69, 9.17) is 0 Å². The third-order valence-electron chi connectivity index (χ3n) is 6.03. The van der Waals surface area contributed by atoms with E-state index in [2.05, 4.69) is 51.4 Å². The zero-order chi connectivity index (χ0) is 19.6. The summed E-state index contributed by atoms with van der Waals surface area (Å²) in [6.45, 7) is 3.55. The summed E-state index contributed by atoms with van der Waals surface area (Å²) in [6, 6.07) is 10.9. The molecule has 0 amide bonds. The third-order valence-corrected chi connectivity index (χ3v) is 6.03. The smallest absolute Gasteiger partial charge is 0.132 e. The standard InChI is InChI=1S/C26H48N/c1-4-5-6-7-8-9-10-11-12-13-14-15-16-17-18-22-25-27(2,3)26-23-20-19-21-24-26/h19-21,23-24H,4-18,22,25H2,1-3H3/q+1. The van der Waals surface area contributed by atoms with Crippen LogP contribution in [0.15, 0.2) is 30.3 Å². The lowest BCUT2D eigenvalue weighted by atomic mass is 10.0. The molecular weight excluding hydrogens is 326 g/mol. The van der Waals surface area contributed by atoms with Crippen molar-refractivity contribution in [1.82, 2.24) is 4.48 Å². The highest BCUT2D eigenvalue weighted by molar-refractivity contribution is 5.40. The second-order valence-electron chi connectivity index (χ2n) is 9.05. The highest BCUT2D eigenvalue weighted by atomic mass is 15.3. The maximum atomic E-state index is 2.33. The summed E-state index contributed by atoms with van der Waals surface area (Å²) in [4.78, 5) is 0. The molecule has 0 radical (unpaired) electrons. The molecule has 1 rings (SSSR count). The van der Waals surface area contributed by atoms with Gasteiger partial charge in [0.2, 0.25) is 0 Å². The molecule has 0 N–H and O–H groups in total. The lowest BCUT2D eigenvalue weighted by molar-refractivity contribution is 0.380. The van der Waals surface area contributed by atoms with E-state index in [1.165, 1.54) is 115 Å². The van der Waals surface area contributed by atoms with E-state index < -0.39 is 0 Å². The Hall–Kier alpha value is -0.820. The Morgan fingerprint density at radius 2 is 0.889 bits per heavy atom. The molecule has 27 heavy (non-hydrogen) atoms. The van der Waals surface area contributed by atoms with Crippen molar-refractivity contribution in [2.75, 3.05) is 20.6 Å². The number of nitrogens with zero attached hydrogens (tertiary/aromatic N) is 1. The summed E-state index contributed by atoms with van der Waals surface area (Å²) in [7, 11) is 4.67. The molecule has 1 aromatic rings. The molecule has 156 valence electrons. The monoisotopic (exact) mass is 374 g/mol. The topological polar surface area (TPSA) is 0 Å². The predicted octanol–water partition coefficient (Wildman–Crippen LogP) is 8.52. The highest BCUT2D eigenvalue weighted by Gasteiger charge is 2.17. The maximum absolute atomic E-state index is 2.33. The first-order chi connectivity index (χ1) is 13.2. The van der Waals surface area contributed by atoms with Gasteiger partial charge in [0.1, 0.15) is 5.69 Å². The van der Waals surface area contributed by atoms with Gasteiger partial charge in [-0.1, -0.05) is 115 Å². The fourth-order valence-electron chi connectivity index (χ4n) is 4.02. The van der Waals surface area contributed by atoms with Crippen molar-refractivity contribution in [3.63, 3.8) is 0 Å². The average Bonchev–Trinajstić information content (AvgIpc) is 2.68. The quantitative estimate of drug-likeness (QED) is 0.178. The van der Waals surface area contributed by atoms with Gasteiger partial charge in [-0.15, -0.1) is 0 Å². The molecule has 1 nitrogen and oxygen atoms in total. The second kappa shape index (κ2) is 16.2. The molecule has 0 aromatic heterocycles. The van der Waals surface area contributed by atoms with Crippen LogP contribution in [0.2, 0.25) is 0 Å². The summed E-state index contributed by atoms with van der Waals surface area (Å²) in [6.07, 6.45) is 23.1. The molecule has 0 spiro atoms. The lowest BCUT2D eigenvalue weighted by Crippen LogP contribution is -2.41. The summed E-state index contributed by atoms with van der Waals surface area (Å²) < 4.78 is 1.01. The van der Waals surface area contributed by atoms with Gasteiger partial charge in [-0.3, -0.25) is 4.48 Å². The van der Waals surface area contributed by atoms with E-state index in [1.807, 2.05) is 0 Å². The molecule has 0 unspecified atom stereocenters. The first-order valence-corrected chi connectivity index (χ1v) is 12.1. The Morgan fingerprint density at radius 1 is 0.519 bits per heavy atom. The normalized spacial score (nSPS) is 11.8. The van der Waals surface area contributed by atoms with Crippen LogP contribution in [0.25, 0.3) is 0 Å². The van der Waals surface area contributed by atoms with Gasteiger partial charge in [0.15, 0.2) is 0 Å². The van der Waals surface area contributed by atoms with Gasteiger partial charge in [0.05, 0.1) is 20.6 Å². The maximum Gasteiger partial charge on any atom is 0.132 e. The first kappa shape index (κ1) is 24.2. The van der Waals surface area contributed by atoms with Crippen molar-refractivity contribution in [2.45, 2.75) is 110 Å². The van der Waals surface area contributed by atoms with Crippen LogP contribution < -0.4 is 4.48 Å². The summed E-state index contributed by atoms with van der Waals surface area (Å²) in [5.74, 6) is 0. The summed E-state index contributed by atoms with van der Waals surface area (Å²) in [5.41, 5.74) is 1.43. The molecule has 0 saturated carbocycles. The van der Waals surface area contributed by atoms with E-state index in [9.17, 15) is 0 Å². The van der Waals surface area contributed by atoms with E-state index in [0.717, 1.165) is 4.48 Å². The van der Waals surface area contributed by atoms with Crippen molar-refractivity contribution in [3.05, 3.63) is 30.3 Å². The molecule has 0 aliphatic rings. The Kier molecular flexibility index (Phi) is 14.5. The van der Waals surface area contributed by atoms with Crippen molar-refractivity contribution < 1.29 is 0 Å². The summed E-state index contributed by atoms with van der Waals surface area (Å²) in [5, 5.41) is 0. The fourth-order valence-corrected chi connectivity index (χ4v) is 4.02. The van der Waals surface area contributed by atoms with E-state index in [1.54, 1.807) is 0 Å². The molecule has 1 heteroatoms. The van der Waals surface area contributed by atoms with Gasteiger partial charge in [0.25, 0.3) is 0 Å². The Balaban J connectivity index is 1.83. The number of benzene rings is 1. The van der Waals surface area contributed by atoms with Gasteiger partial charge < -0.3 is 0 Å². The van der Waals surface area contributed by atoms with Gasteiger partial charge in [-0.25, -0.2) is 0 Å². The lowest BCUT2D eigenvalue weighted by Gasteiger charge is -2.29. The number of para-hydroxylation sites is 1. The zero-order valence-corrected chi connectivity index (χ0v) is 18.9. The number of hydrogen-bond acceptors (Lipinski definition) is 0. The SMILES string of the molecule is CCCCCCCCCCCCCCCCCC[N+](C)(C)c1ccccc1. The molecule has 0 atom stereocenters. The van der Waals surface area contributed by atoms with Gasteiger partial charge in [0, 0.05) is 0 Å². The molecule has 0 heterocycles. The van der Waals surface area contributed by atoms with Crippen LogP contribution in [0.1, 0.15) is 110 Å². The van der Waals surface area contributed by atoms with Crippen LogP contribution in [0.3, 0.4) is 0 Å². The van der Waals surface area contributed by atoms with Crippen molar-refractivity contribution in [2.24, 2.45) is 0 Å². The predicted molar refractivity (Wildman–Crippen MR) is 124 cm³/mol. The largest absolute Gasteiger partial charge is 0.296 e. The first-order valence-electron chi connectivity index (χ1n) is 12.1. The van der Waals surface area contributed by atoms with E-state index in [-0.39, 0.29) is 0 Å². The minimum Gasteiger partial charge on any atom is -0.296 e. The number of unbranched alkanes of at least 4 members (excludes halogenated alkanes) is 15. The molecule has 0 saturated heterocycles. The second-order valence-corrected chi connectivity index (χ2v) is 9.05. The van der Waals surface area contributed by atoms with Crippen LogP contribution in [0, 0.1) is 0 Å². The molecule has 0 aliphatic heterocycles. The molecule has 1 aromatic carbocycles. The fraction of sp³-hybridized carbons (Fsp3) is 0.769. The zero-order valence-electron chi connectivity index (χ0n) is 18.9. The molecular formula is C26H48N+. The molecule has 0 fully saturated rings. The van der Waals surface area contributed by atoms with Crippen molar-refractivity contribution >= 4 is 5.69 Å². The Morgan fingerprint density at radius 3 is 1.30 bits per heavy atom. The molecule has 0 bridgehead atoms. The van der Waals surface area contributed by atoms with E-state index in [0.29, 0.717) is 0 Å². The van der Waals surface area contributed by atoms with Gasteiger partial charge in [-0.2, -0.15) is 0 Å². The average molecular weight is 375 g/mol. The molecule has 0 aliphatic carbocycles. The van der Waals surface area contributed by atoms with Crippen LogP contribution in [-0.4, -0.2) is 20.6 Å².